The van der Waals surface area contributed by atoms with E-state index in [2.05, 4.69) is 23.6 Å². The van der Waals surface area contributed by atoms with Crippen LogP contribution in [0, 0.1) is 0 Å². The molecule has 2 aliphatic rings. The molecule has 0 N–H and O–H groups in total. The van der Waals surface area contributed by atoms with Crippen LogP contribution in [-0.2, 0) is 33.7 Å². The summed E-state index contributed by atoms with van der Waals surface area (Å²) in [6, 6.07) is 34.8. The zero-order valence-corrected chi connectivity index (χ0v) is 51.6. The number of hydrogen-bond donors (Lipinski definition) is 0. The minimum absolute atomic E-state index is 0. The van der Waals surface area contributed by atoms with Crippen molar-refractivity contribution in [3.63, 3.8) is 0 Å². The van der Waals surface area contributed by atoms with E-state index in [1.165, 1.54) is 180 Å². The van der Waals surface area contributed by atoms with E-state index in [4.69, 9.17) is 0 Å². The second kappa shape index (κ2) is 38.7. The number of anilines is 4. The standard InChI is InChI=1S/2C32H50N2O3S.Ca/c2*1-2-3-4-5-6-7-8-9-10-11-12-13-14-15-16-20-27-32-33(28-29-23-18-17-19-24-29)30-25-21-22-26-31(30)34(32)38(35,36)37;/h2*17-19,21-26,32H,2-16,20,27-28H2,1H3,(H,35,36,37);/q;;+2/p-2. The Morgan fingerprint density at radius 3 is 0.792 bits per heavy atom. The van der Waals surface area contributed by atoms with Crippen molar-refractivity contribution in [2.24, 2.45) is 0 Å². The van der Waals surface area contributed by atoms with Crippen LogP contribution < -0.4 is 18.4 Å². The van der Waals surface area contributed by atoms with Crippen molar-refractivity contribution in [3.05, 3.63) is 120 Å². The Morgan fingerprint density at radius 2 is 0.545 bits per heavy atom. The van der Waals surface area contributed by atoms with E-state index in [1.807, 2.05) is 84.9 Å². The third-order valence-corrected chi connectivity index (χ3v) is 17.5. The maximum absolute atomic E-state index is 12.3. The molecule has 77 heavy (non-hydrogen) atoms. The summed E-state index contributed by atoms with van der Waals surface area (Å²) in [6.07, 6.45) is 42.1. The van der Waals surface area contributed by atoms with Crippen LogP contribution in [0.1, 0.15) is 243 Å². The van der Waals surface area contributed by atoms with Gasteiger partial charge >= 0.3 is 37.7 Å². The Morgan fingerprint density at radius 1 is 0.325 bits per heavy atom. The molecular weight excluding hydrogens is 1020 g/mol. The molecule has 2 aliphatic heterocycles. The normalized spacial score (nSPS) is 15.1. The summed E-state index contributed by atoms with van der Waals surface area (Å²) in [7, 11) is -9.24. The van der Waals surface area contributed by atoms with Crippen molar-refractivity contribution in [2.75, 3.05) is 18.4 Å². The van der Waals surface area contributed by atoms with Gasteiger partial charge in [-0.3, -0.25) is 8.61 Å². The molecule has 0 aromatic heterocycles. The van der Waals surface area contributed by atoms with Gasteiger partial charge in [-0.2, -0.15) is 0 Å². The van der Waals surface area contributed by atoms with Gasteiger partial charge in [0.1, 0.15) is 12.3 Å². The van der Waals surface area contributed by atoms with Gasteiger partial charge in [0.05, 0.1) is 22.7 Å². The number of unbranched alkanes of at least 4 members (excludes halogenated alkanes) is 30. The molecule has 0 aliphatic carbocycles. The minimum atomic E-state index is -4.62. The number of fused-ring (bicyclic) bond motifs is 2. The summed E-state index contributed by atoms with van der Waals surface area (Å²) in [6.45, 7) is 5.70. The molecule has 0 saturated heterocycles. The molecule has 0 radical (unpaired) electrons. The van der Waals surface area contributed by atoms with Gasteiger partial charge in [0.25, 0.3) is 0 Å². The molecule has 0 bridgehead atoms. The van der Waals surface area contributed by atoms with E-state index in [9.17, 15) is 25.9 Å². The van der Waals surface area contributed by atoms with E-state index in [1.54, 1.807) is 24.3 Å². The van der Waals surface area contributed by atoms with Gasteiger partial charge in [-0.1, -0.05) is 291 Å². The van der Waals surface area contributed by atoms with Gasteiger partial charge in [0.2, 0.25) is 0 Å². The first-order valence-electron chi connectivity index (χ1n) is 30.3. The topological polar surface area (TPSA) is 127 Å². The number of para-hydroxylation sites is 4. The predicted octanol–water partition coefficient (Wildman–Crippen LogP) is 17.5. The molecule has 0 fully saturated rings. The van der Waals surface area contributed by atoms with Crippen LogP contribution in [-0.4, -0.2) is 76.0 Å². The van der Waals surface area contributed by atoms with Gasteiger partial charge in [-0.15, -0.1) is 0 Å². The molecule has 0 amide bonds. The number of benzene rings is 4. The van der Waals surface area contributed by atoms with Gasteiger partial charge in [0, 0.05) is 13.1 Å². The van der Waals surface area contributed by atoms with Crippen LogP contribution in [0.5, 0.6) is 0 Å². The Kier molecular flexibility index (Phi) is 33.5. The smallest absolute Gasteiger partial charge is 0.731 e. The fourth-order valence-electron chi connectivity index (χ4n) is 11.5. The third kappa shape index (κ3) is 24.4. The first kappa shape index (κ1) is 66.7. The maximum atomic E-state index is 12.3. The van der Waals surface area contributed by atoms with Crippen molar-refractivity contribution < 1.29 is 25.9 Å². The van der Waals surface area contributed by atoms with Crippen molar-refractivity contribution in [1.82, 2.24) is 0 Å². The average molecular weight is 1120 g/mol. The molecule has 2 unspecified atom stereocenters. The molecule has 4 aromatic carbocycles. The molecule has 2 heterocycles. The fourth-order valence-corrected chi connectivity index (χ4v) is 13.3. The first-order chi connectivity index (χ1) is 37.0. The summed E-state index contributed by atoms with van der Waals surface area (Å²) in [5.74, 6) is 0. The summed E-state index contributed by atoms with van der Waals surface area (Å²) in [5, 5.41) is 0. The van der Waals surface area contributed by atoms with Crippen LogP contribution >= 0.6 is 0 Å². The molecule has 6 rings (SSSR count). The summed E-state index contributed by atoms with van der Waals surface area (Å²) in [4.78, 5) is 4.18. The molecule has 10 nitrogen and oxygen atoms in total. The number of rotatable bonds is 40. The molecule has 4 aromatic rings. The monoisotopic (exact) mass is 1120 g/mol. The van der Waals surface area contributed by atoms with Crippen molar-refractivity contribution in [1.29, 1.82) is 0 Å². The zero-order chi connectivity index (χ0) is 54.1. The van der Waals surface area contributed by atoms with E-state index in [0.717, 1.165) is 56.8 Å². The van der Waals surface area contributed by atoms with Crippen molar-refractivity contribution in [2.45, 2.75) is 258 Å². The van der Waals surface area contributed by atoms with E-state index in [-0.39, 0.29) is 37.7 Å². The average Bonchev–Trinajstić information content (AvgIpc) is 3.92. The maximum Gasteiger partial charge on any atom is 2.00 e. The van der Waals surface area contributed by atoms with Crippen LogP contribution in [0.25, 0.3) is 0 Å². The van der Waals surface area contributed by atoms with Crippen LogP contribution in [0.2, 0.25) is 0 Å². The van der Waals surface area contributed by atoms with Crippen LogP contribution in [0.3, 0.4) is 0 Å². The summed E-state index contributed by atoms with van der Waals surface area (Å²) >= 11 is 0. The molecule has 13 heteroatoms. The van der Waals surface area contributed by atoms with E-state index in [0.29, 0.717) is 37.3 Å². The second-order valence-corrected chi connectivity index (χ2v) is 24.4. The molecule has 2 atom stereocenters. The Bertz CT molecular complexity index is 2200. The molecular formula is C64H98CaN4O6S2. The molecule has 424 valence electrons. The molecule has 0 spiro atoms. The van der Waals surface area contributed by atoms with E-state index < -0.39 is 32.9 Å². The summed E-state index contributed by atoms with van der Waals surface area (Å²) < 4.78 is 76.1. The van der Waals surface area contributed by atoms with Gasteiger partial charge < -0.3 is 18.9 Å². The number of hydrogen-bond acceptors (Lipinski definition) is 8. The second-order valence-electron chi connectivity index (χ2n) is 21.9. The van der Waals surface area contributed by atoms with E-state index >= 15 is 0 Å². The van der Waals surface area contributed by atoms with Crippen LogP contribution in [0.15, 0.2) is 109 Å². The SMILES string of the molecule is CCCCCCCCCCCCCCCCCCC1N(Cc2ccccc2)c2ccccc2N1S(=O)(=O)[O-].CCCCCCCCCCCCCCCCCCC1N(Cc2ccccc2)c2ccccc2N1S(=O)(=O)[O-].[Ca+2]. The Labute approximate surface area is 499 Å². The first-order valence-corrected chi connectivity index (χ1v) is 33.1. The fraction of sp³-hybridized carbons (Fsp3) is 0.625. The minimum Gasteiger partial charge on any atom is -0.731 e. The Hall–Kier alpha value is -2.84. The molecule has 0 saturated carbocycles. The van der Waals surface area contributed by atoms with Crippen molar-refractivity contribution >= 4 is 81.1 Å². The van der Waals surface area contributed by atoms with Crippen LogP contribution in [0.4, 0.5) is 22.7 Å². The van der Waals surface area contributed by atoms with Gasteiger partial charge in [-0.05, 0) is 61.1 Å². The number of nitrogens with zero attached hydrogens (tertiary/aromatic N) is 4. The van der Waals surface area contributed by atoms with Gasteiger partial charge in [0.15, 0.2) is 20.6 Å². The quantitative estimate of drug-likeness (QED) is 0.0245. The van der Waals surface area contributed by atoms with Gasteiger partial charge in [-0.25, -0.2) is 16.8 Å². The predicted molar refractivity (Wildman–Crippen MR) is 324 cm³/mol. The van der Waals surface area contributed by atoms with Crippen molar-refractivity contribution in [3.8, 4) is 0 Å². The zero-order valence-electron chi connectivity index (χ0n) is 47.8. The third-order valence-electron chi connectivity index (χ3n) is 15.6. The Balaban J connectivity index is 0.000000328. The largest absolute Gasteiger partial charge is 2.00 e. The summed E-state index contributed by atoms with van der Waals surface area (Å²) in [5.41, 5.74) is 4.84.